The van der Waals surface area contributed by atoms with Gasteiger partial charge in [0.05, 0.1) is 12.4 Å². The highest BCUT2D eigenvalue weighted by Gasteiger charge is 2.39. The van der Waals surface area contributed by atoms with Crippen LogP contribution in [0.25, 0.3) is 0 Å². The van der Waals surface area contributed by atoms with Crippen molar-refractivity contribution in [2.24, 2.45) is 4.99 Å². The van der Waals surface area contributed by atoms with Gasteiger partial charge in [0.2, 0.25) is 5.90 Å². The van der Waals surface area contributed by atoms with Gasteiger partial charge in [-0.25, -0.2) is 4.99 Å². The number of benzene rings is 2. The van der Waals surface area contributed by atoms with Gasteiger partial charge in [0.25, 0.3) is 0 Å². The molecule has 0 N–H and O–H groups in total. The molecule has 0 bridgehead atoms. The number of aliphatic imine (C=N–C) groups is 1. The Hall–Kier alpha value is -1.80. The Bertz CT molecular complexity index is 582. The van der Waals surface area contributed by atoms with Crippen molar-refractivity contribution in [2.45, 2.75) is 5.60 Å². The number of nitrogens with zero attached hydrogens (tertiary/aromatic N) is 1. The summed E-state index contributed by atoms with van der Waals surface area (Å²) >= 11 is 6.15. The highest BCUT2D eigenvalue weighted by Crippen LogP contribution is 2.33. The second-order valence-electron chi connectivity index (χ2n) is 4.58. The fraction of sp³-hybridized carbons (Fsp3) is 0.188. The second-order valence-corrected chi connectivity index (χ2v) is 4.85. The van der Waals surface area contributed by atoms with Crippen LogP contribution in [0.5, 0.6) is 0 Å². The first kappa shape index (κ1) is 12.2. The maximum atomic E-state index is 6.15. The lowest BCUT2D eigenvalue weighted by molar-refractivity contribution is 0.112. The van der Waals surface area contributed by atoms with Crippen LogP contribution in [0.15, 0.2) is 65.7 Å². The molecule has 0 aromatic heterocycles. The van der Waals surface area contributed by atoms with E-state index in [2.05, 4.69) is 4.99 Å². The first-order valence-electron chi connectivity index (χ1n) is 6.24. The van der Waals surface area contributed by atoms with E-state index in [9.17, 15) is 0 Å². The van der Waals surface area contributed by atoms with Crippen molar-refractivity contribution in [2.75, 3.05) is 12.4 Å². The Morgan fingerprint density at radius 2 is 1.63 bits per heavy atom. The van der Waals surface area contributed by atoms with Crippen LogP contribution >= 0.6 is 11.6 Å². The molecule has 1 atom stereocenters. The molecule has 0 aliphatic carbocycles. The fourth-order valence-electron chi connectivity index (χ4n) is 2.22. The fourth-order valence-corrected chi connectivity index (χ4v) is 2.51. The summed E-state index contributed by atoms with van der Waals surface area (Å²) in [6, 6.07) is 20.0. The minimum absolute atomic E-state index is 0.386. The van der Waals surface area contributed by atoms with Crippen LogP contribution in [-0.2, 0) is 10.3 Å². The lowest BCUT2D eigenvalue weighted by atomic mass is 9.96. The van der Waals surface area contributed by atoms with Gasteiger partial charge in [0, 0.05) is 5.56 Å². The van der Waals surface area contributed by atoms with Crippen molar-refractivity contribution in [1.29, 1.82) is 0 Å². The van der Waals surface area contributed by atoms with E-state index in [1.165, 1.54) is 0 Å². The smallest absolute Gasteiger partial charge is 0.217 e. The van der Waals surface area contributed by atoms with Gasteiger partial charge in [0.15, 0.2) is 5.60 Å². The predicted octanol–water partition coefficient (Wildman–Crippen LogP) is 3.60. The first-order valence-corrected chi connectivity index (χ1v) is 6.78. The average Bonchev–Trinajstić information content (AvgIpc) is 2.95. The number of alkyl halides is 1. The van der Waals surface area contributed by atoms with E-state index in [0.29, 0.717) is 18.3 Å². The molecule has 0 unspecified atom stereocenters. The van der Waals surface area contributed by atoms with Crippen LogP contribution in [0, 0.1) is 0 Å². The lowest BCUT2D eigenvalue weighted by Gasteiger charge is -2.26. The largest absolute Gasteiger partial charge is 0.463 e. The molecule has 2 aromatic carbocycles. The minimum atomic E-state index is -0.534. The van der Waals surface area contributed by atoms with Crippen molar-refractivity contribution in [1.82, 2.24) is 0 Å². The molecule has 0 saturated carbocycles. The summed E-state index contributed by atoms with van der Waals surface area (Å²) in [5, 5.41) is 0. The van der Waals surface area contributed by atoms with E-state index in [1.54, 1.807) is 0 Å². The van der Waals surface area contributed by atoms with Crippen LogP contribution in [0.1, 0.15) is 11.1 Å². The molecule has 1 aliphatic heterocycles. The Morgan fingerprint density at radius 3 is 2.26 bits per heavy atom. The van der Waals surface area contributed by atoms with E-state index in [4.69, 9.17) is 16.3 Å². The van der Waals surface area contributed by atoms with Crippen LogP contribution in [0.3, 0.4) is 0 Å². The lowest BCUT2D eigenvalue weighted by Crippen LogP contribution is -2.32. The molecule has 0 fully saturated rings. The van der Waals surface area contributed by atoms with Crippen LogP contribution in [-0.4, -0.2) is 18.3 Å². The number of hydrogen-bond acceptors (Lipinski definition) is 2. The third-order valence-corrected chi connectivity index (χ3v) is 3.74. The Morgan fingerprint density at radius 1 is 1.00 bits per heavy atom. The summed E-state index contributed by atoms with van der Waals surface area (Å²) in [4.78, 5) is 4.52. The molecule has 0 radical (unpaired) electrons. The Kier molecular flexibility index (Phi) is 3.26. The molecule has 0 saturated heterocycles. The molecule has 1 heterocycles. The molecule has 96 valence electrons. The molecule has 0 spiro atoms. The van der Waals surface area contributed by atoms with Gasteiger partial charge in [-0.1, -0.05) is 48.5 Å². The summed E-state index contributed by atoms with van der Waals surface area (Å²) < 4.78 is 6.09. The molecule has 3 rings (SSSR count). The summed E-state index contributed by atoms with van der Waals surface area (Å²) in [5.74, 6) is 1.06. The van der Waals surface area contributed by atoms with Crippen LogP contribution in [0.4, 0.5) is 0 Å². The normalized spacial score (nSPS) is 21.8. The van der Waals surface area contributed by atoms with E-state index in [0.717, 1.165) is 11.1 Å². The number of halogens is 1. The van der Waals surface area contributed by atoms with Crippen molar-refractivity contribution in [3.05, 3.63) is 71.8 Å². The zero-order chi connectivity index (χ0) is 13.1. The van der Waals surface area contributed by atoms with Gasteiger partial charge >= 0.3 is 0 Å². The summed E-state index contributed by atoms with van der Waals surface area (Å²) in [6.45, 7) is 0.560. The molecular weight excluding hydrogens is 258 g/mol. The SMILES string of the molecule is ClC[C@@]1(c2ccccc2)CN=C(c2ccccc2)O1. The topological polar surface area (TPSA) is 21.6 Å². The highest BCUT2D eigenvalue weighted by atomic mass is 35.5. The summed E-state index contributed by atoms with van der Waals surface area (Å²) in [7, 11) is 0. The van der Waals surface area contributed by atoms with Gasteiger partial charge in [-0.05, 0) is 17.7 Å². The molecule has 1 aliphatic rings. The number of rotatable bonds is 3. The van der Waals surface area contributed by atoms with E-state index in [-0.39, 0.29) is 0 Å². The van der Waals surface area contributed by atoms with Crippen LogP contribution < -0.4 is 0 Å². The molecule has 19 heavy (non-hydrogen) atoms. The van der Waals surface area contributed by atoms with Crippen molar-refractivity contribution < 1.29 is 4.74 Å². The van der Waals surface area contributed by atoms with Gasteiger partial charge < -0.3 is 4.74 Å². The molecule has 2 aromatic rings. The number of hydrogen-bond donors (Lipinski definition) is 0. The van der Waals surface area contributed by atoms with Gasteiger partial charge in [-0.3, -0.25) is 0 Å². The first-order chi connectivity index (χ1) is 9.34. The van der Waals surface area contributed by atoms with E-state index < -0.39 is 5.60 Å². The van der Waals surface area contributed by atoms with E-state index >= 15 is 0 Å². The summed E-state index contributed by atoms with van der Waals surface area (Å²) in [6.07, 6.45) is 0. The quantitative estimate of drug-likeness (QED) is 0.782. The molecular formula is C16H14ClNO. The van der Waals surface area contributed by atoms with Gasteiger partial charge in [-0.15, -0.1) is 11.6 Å². The maximum absolute atomic E-state index is 6.15. The van der Waals surface area contributed by atoms with E-state index in [1.807, 2.05) is 60.7 Å². The maximum Gasteiger partial charge on any atom is 0.217 e. The Balaban J connectivity index is 1.90. The Labute approximate surface area is 117 Å². The minimum Gasteiger partial charge on any atom is -0.463 e. The third-order valence-electron chi connectivity index (χ3n) is 3.31. The molecule has 2 nitrogen and oxygen atoms in total. The van der Waals surface area contributed by atoms with Crippen molar-refractivity contribution in [3.63, 3.8) is 0 Å². The zero-order valence-corrected chi connectivity index (χ0v) is 11.2. The molecule has 3 heteroatoms. The zero-order valence-electron chi connectivity index (χ0n) is 10.4. The molecule has 0 amide bonds. The van der Waals surface area contributed by atoms with Gasteiger partial charge in [0.1, 0.15) is 0 Å². The standard InChI is InChI=1S/C16H14ClNO/c17-11-16(14-9-5-2-6-10-14)12-18-15(19-16)13-7-3-1-4-8-13/h1-10H,11-12H2/t16-/m0/s1. The monoisotopic (exact) mass is 271 g/mol. The third kappa shape index (κ3) is 2.24. The van der Waals surface area contributed by atoms with Crippen molar-refractivity contribution in [3.8, 4) is 0 Å². The average molecular weight is 272 g/mol. The predicted molar refractivity (Wildman–Crippen MR) is 77.8 cm³/mol. The van der Waals surface area contributed by atoms with Crippen LogP contribution in [0.2, 0.25) is 0 Å². The second kappa shape index (κ2) is 5.06. The van der Waals surface area contributed by atoms with Crippen molar-refractivity contribution >= 4 is 17.5 Å². The van der Waals surface area contributed by atoms with Gasteiger partial charge in [-0.2, -0.15) is 0 Å². The number of ether oxygens (including phenoxy) is 1. The summed E-state index contributed by atoms with van der Waals surface area (Å²) in [5.41, 5.74) is 1.53. The highest BCUT2D eigenvalue weighted by molar-refractivity contribution is 6.19.